The minimum atomic E-state index is -0.372. The molecule has 7 heteroatoms. The van der Waals surface area contributed by atoms with E-state index in [1.807, 2.05) is 12.1 Å². The monoisotopic (exact) mass is 339 g/mol. The van der Waals surface area contributed by atoms with Gasteiger partial charge in [-0.15, -0.1) is 0 Å². The number of carbonyl (C=O) groups is 1. The maximum atomic E-state index is 12.1. The number of carbonyl (C=O) groups excluding carboxylic acids is 1. The number of pyridine rings is 1. The molecule has 0 bridgehead atoms. The lowest BCUT2D eigenvalue weighted by Gasteiger charge is -2.15. The number of para-hydroxylation sites is 1. The van der Waals surface area contributed by atoms with Crippen LogP contribution in [0.5, 0.6) is 5.88 Å². The van der Waals surface area contributed by atoms with Crippen LogP contribution in [-0.4, -0.2) is 24.0 Å². The fourth-order valence-corrected chi connectivity index (χ4v) is 2.55. The van der Waals surface area contributed by atoms with Gasteiger partial charge in [-0.2, -0.15) is 0 Å². The molecule has 25 heavy (non-hydrogen) atoms. The Morgan fingerprint density at radius 1 is 1.20 bits per heavy atom. The largest absolute Gasteiger partial charge is 0.481 e. The minimum Gasteiger partial charge on any atom is -0.481 e. The van der Waals surface area contributed by atoms with Gasteiger partial charge in [0.15, 0.2) is 0 Å². The quantitative estimate of drug-likeness (QED) is 0.478. The lowest BCUT2D eigenvalue weighted by Crippen LogP contribution is -2.32. The maximum Gasteiger partial charge on any atom is 0.269 e. The Bertz CT molecular complexity index is 843. The number of rotatable bonds is 5. The molecule has 1 aromatic carbocycles. The summed E-state index contributed by atoms with van der Waals surface area (Å²) >= 11 is 0. The molecule has 1 saturated carbocycles. The van der Waals surface area contributed by atoms with Gasteiger partial charge in [-0.3, -0.25) is 4.79 Å². The van der Waals surface area contributed by atoms with E-state index in [0.29, 0.717) is 22.7 Å². The van der Waals surface area contributed by atoms with Crippen LogP contribution in [0.3, 0.4) is 0 Å². The average molecular weight is 339 g/mol. The van der Waals surface area contributed by atoms with Crippen LogP contribution in [0.1, 0.15) is 18.4 Å². The molecule has 130 valence electrons. The number of nitrogens with two attached hydrogens (primary N) is 3. The van der Waals surface area contributed by atoms with E-state index in [4.69, 9.17) is 21.9 Å². The molecule has 2 aromatic rings. The highest BCUT2D eigenvalue weighted by atomic mass is 16.5. The van der Waals surface area contributed by atoms with Gasteiger partial charge in [0.1, 0.15) is 5.70 Å². The third-order valence-electron chi connectivity index (χ3n) is 4.10. The molecular formula is C18H21N5O2. The van der Waals surface area contributed by atoms with Crippen LogP contribution in [0.4, 0.5) is 5.69 Å². The number of aromatic nitrogens is 1. The van der Waals surface area contributed by atoms with Gasteiger partial charge in [0.2, 0.25) is 5.88 Å². The number of anilines is 1. The fourth-order valence-electron chi connectivity index (χ4n) is 2.55. The van der Waals surface area contributed by atoms with Crippen molar-refractivity contribution in [2.75, 3.05) is 12.8 Å². The molecule has 1 amide bonds. The van der Waals surface area contributed by atoms with Crippen molar-refractivity contribution >= 4 is 17.3 Å². The summed E-state index contributed by atoms with van der Waals surface area (Å²) in [7, 11) is 1.54. The van der Waals surface area contributed by atoms with Crippen LogP contribution < -0.4 is 27.3 Å². The Labute approximate surface area is 145 Å². The van der Waals surface area contributed by atoms with Crippen LogP contribution >= 0.6 is 0 Å². The third kappa shape index (κ3) is 3.35. The van der Waals surface area contributed by atoms with E-state index in [1.54, 1.807) is 31.5 Å². The highest BCUT2D eigenvalue weighted by molar-refractivity contribution is 6.02. The van der Waals surface area contributed by atoms with Crippen molar-refractivity contribution in [1.29, 1.82) is 0 Å². The molecular weight excluding hydrogens is 318 g/mol. The Balaban J connectivity index is 2.02. The number of hydrogen-bond acceptors (Lipinski definition) is 6. The summed E-state index contributed by atoms with van der Waals surface area (Å²) < 4.78 is 5.29. The molecule has 0 atom stereocenters. The van der Waals surface area contributed by atoms with Crippen molar-refractivity contribution in [1.82, 2.24) is 10.3 Å². The molecule has 3 rings (SSSR count). The highest BCUT2D eigenvalue weighted by Crippen LogP contribution is 2.35. The van der Waals surface area contributed by atoms with E-state index in [2.05, 4.69) is 10.3 Å². The van der Waals surface area contributed by atoms with Crippen molar-refractivity contribution in [3.05, 3.63) is 47.8 Å². The molecule has 0 saturated heterocycles. The number of nitrogen functional groups attached to an aromatic ring is 1. The predicted molar refractivity (Wildman–Crippen MR) is 97.1 cm³/mol. The van der Waals surface area contributed by atoms with Gasteiger partial charge in [0.05, 0.1) is 12.8 Å². The van der Waals surface area contributed by atoms with E-state index >= 15 is 0 Å². The topological polar surface area (TPSA) is 129 Å². The van der Waals surface area contributed by atoms with Gasteiger partial charge in [-0.1, -0.05) is 18.2 Å². The summed E-state index contributed by atoms with van der Waals surface area (Å²) in [5, 5.41) is 2.82. The summed E-state index contributed by atoms with van der Waals surface area (Å²) in [5.74, 6) is 0.0807. The lowest BCUT2D eigenvalue weighted by atomic mass is 9.99. The zero-order valence-electron chi connectivity index (χ0n) is 14.0. The first-order chi connectivity index (χ1) is 12.0. The Morgan fingerprint density at radius 3 is 2.60 bits per heavy atom. The molecule has 7 N–H and O–H groups in total. The van der Waals surface area contributed by atoms with Crippen LogP contribution in [0.25, 0.3) is 16.8 Å². The van der Waals surface area contributed by atoms with Gasteiger partial charge in [0, 0.05) is 34.6 Å². The van der Waals surface area contributed by atoms with Crippen LogP contribution in [0.2, 0.25) is 0 Å². The zero-order valence-corrected chi connectivity index (χ0v) is 14.0. The molecule has 1 fully saturated rings. The molecule has 1 heterocycles. The predicted octanol–water partition coefficient (Wildman–Crippen LogP) is 1.20. The van der Waals surface area contributed by atoms with Gasteiger partial charge in [0.25, 0.3) is 5.91 Å². The molecule has 0 spiro atoms. The summed E-state index contributed by atoms with van der Waals surface area (Å²) in [6, 6.07) is 9.21. The first kappa shape index (κ1) is 16.6. The van der Waals surface area contributed by atoms with Gasteiger partial charge in [-0.05, 0) is 25.0 Å². The van der Waals surface area contributed by atoms with Gasteiger partial charge in [-0.25, -0.2) is 4.98 Å². The molecule has 1 aliphatic carbocycles. The van der Waals surface area contributed by atoms with Gasteiger partial charge >= 0.3 is 0 Å². The second kappa shape index (κ2) is 6.72. The normalized spacial score (nSPS) is 14.6. The second-order valence-electron chi connectivity index (χ2n) is 5.90. The lowest BCUT2D eigenvalue weighted by molar-refractivity contribution is -0.117. The number of methoxy groups -OCH3 is 1. The maximum absolute atomic E-state index is 12.1. The number of hydrogen-bond donors (Lipinski definition) is 4. The van der Waals surface area contributed by atoms with E-state index in [0.717, 1.165) is 18.4 Å². The zero-order chi connectivity index (χ0) is 18.0. The minimum absolute atomic E-state index is 0.0334. The SMILES string of the molecule is COc1ncccc1-c1cccc(/C(N)=C(\N)C(=O)NC2CC2)c1N. The van der Waals surface area contributed by atoms with E-state index < -0.39 is 0 Å². The number of nitrogens with one attached hydrogen (secondary N) is 1. The molecule has 7 nitrogen and oxygen atoms in total. The standard InChI is InChI=1S/C18H21N5O2/c1-25-18-12(6-3-9-22-18)11-4-2-5-13(14(11)19)15(20)16(21)17(24)23-10-7-8-10/h2-6,9-10H,7-8,19-21H2,1H3,(H,23,24)/b16-15+. The molecule has 0 unspecified atom stereocenters. The molecule has 0 aliphatic heterocycles. The second-order valence-corrected chi connectivity index (χ2v) is 5.90. The van der Waals surface area contributed by atoms with Crippen LogP contribution in [-0.2, 0) is 4.79 Å². The summed E-state index contributed by atoms with van der Waals surface area (Å²) in [6.45, 7) is 0. The van der Waals surface area contributed by atoms with Crippen LogP contribution in [0.15, 0.2) is 42.2 Å². The Hall–Kier alpha value is -3.22. The number of amides is 1. The van der Waals surface area contributed by atoms with Crippen molar-refractivity contribution < 1.29 is 9.53 Å². The number of nitrogens with zero attached hydrogens (tertiary/aromatic N) is 1. The van der Waals surface area contributed by atoms with Crippen molar-refractivity contribution in [2.45, 2.75) is 18.9 Å². The molecule has 1 aromatic heterocycles. The summed E-state index contributed by atoms with van der Waals surface area (Å²) in [5.41, 5.74) is 20.8. The number of benzene rings is 1. The summed E-state index contributed by atoms with van der Waals surface area (Å²) in [4.78, 5) is 16.3. The van der Waals surface area contributed by atoms with Crippen molar-refractivity contribution in [2.24, 2.45) is 11.5 Å². The fraction of sp³-hybridized carbons (Fsp3) is 0.222. The Kier molecular flexibility index (Phi) is 4.47. The van der Waals surface area contributed by atoms with Crippen LogP contribution in [0, 0.1) is 0 Å². The van der Waals surface area contributed by atoms with Crippen molar-refractivity contribution in [3.8, 4) is 17.0 Å². The number of ether oxygens (including phenoxy) is 1. The van der Waals surface area contributed by atoms with E-state index in [-0.39, 0.29) is 23.3 Å². The van der Waals surface area contributed by atoms with Crippen molar-refractivity contribution in [3.63, 3.8) is 0 Å². The first-order valence-corrected chi connectivity index (χ1v) is 7.97. The molecule has 1 aliphatic rings. The van der Waals surface area contributed by atoms with Gasteiger partial charge < -0.3 is 27.3 Å². The van der Waals surface area contributed by atoms with E-state index in [1.165, 1.54) is 0 Å². The summed E-state index contributed by atoms with van der Waals surface area (Å²) in [6.07, 6.45) is 3.57. The average Bonchev–Trinajstić information content (AvgIpc) is 3.44. The first-order valence-electron chi connectivity index (χ1n) is 7.97. The third-order valence-corrected chi connectivity index (χ3v) is 4.10. The smallest absolute Gasteiger partial charge is 0.269 e. The Morgan fingerprint density at radius 2 is 1.92 bits per heavy atom. The highest BCUT2D eigenvalue weighted by Gasteiger charge is 2.25. The van der Waals surface area contributed by atoms with E-state index in [9.17, 15) is 4.79 Å². The molecule has 0 radical (unpaired) electrons.